The highest BCUT2D eigenvalue weighted by Gasteiger charge is 2.32. The molecule has 0 bridgehead atoms. The lowest BCUT2D eigenvalue weighted by molar-refractivity contribution is -0.506. The lowest BCUT2D eigenvalue weighted by Gasteiger charge is -2.29. The smallest absolute Gasteiger partial charge is 0.346 e. The van der Waals surface area contributed by atoms with Gasteiger partial charge in [-0.1, -0.05) is 35.6 Å². The Morgan fingerprint density at radius 2 is 1.65 bits per heavy atom. The number of aromatic nitrogens is 2. The number of hydrogen-bond acceptors (Lipinski definition) is 6. The number of urea groups is 1. The van der Waals surface area contributed by atoms with Gasteiger partial charge in [-0.2, -0.15) is 4.40 Å². The fraction of sp³-hybridized carbons (Fsp3) is 0.235. The molecule has 10 nitrogen and oxygen atoms in total. The van der Waals surface area contributed by atoms with Crippen molar-refractivity contribution in [2.75, 3.05) is 5.32 Å². The molecule has 1 atom stereocenters. The number of hydrogen-bond donors (Lipinski definition) is 3. The van der Waals surface area contributed by atoms with Crippen LogP contribution in [0.15, 0.2) is 85.2 Å². The van der Waals surface area contributed by atoms with Gasteiger partial charge in [0.15, 0.2) is 5.69 Å². The average molecular weight is 645 g/mol. The summed E-state index contributed by atoms with van der Waals surface area (Å²) in [6, 6.07) is 17.2. The number of nitrogens with one attached hydrogen (secondary N) is 1. The number of anilines is 1. The van der Waals surface area contributed by atoms with E-state index in [-0.39, 0.29) is 30.6 Å². The van der Waals surface area contributed by atoms with E-state index in [2.05, 4.69) is 5.32 Å². The fourth-order valence-electron chi connectivity index (χ4n) is 5.07. The molecular weight excluding hydrogens is 609 g/mol. The van der Waals surface area contributed by atoms with Crippen molar-refractivity contribution in [1.82, 2.24) is 9.47 Å². The quantitative estimate of drug-likeness (QED) is 0.135. The number of carbonyl (C=O) groups is 3. The number of rotatable bonds is 11. The van der Waals surface area contributed by atoms with E-state index in [9.17, 15) is 23.9 Å². The summed E-state index contributed by atoms with van der Waals surface area (Å²) < 4.78 is 22.9. The van der Waals surface area contributed by atoms with Crippen LogP contribution < -0.4 is 15.5 Å². The summed E-state index contributed by atoms with van der Waals surface area (Å²) in [6.07, 6.45) is 3.70. The van der Waals surface area contributed by atoms with Gasteiger partial charge in [-0.3, -0.25) is 4.79 Å². The van der Waals surface area contributed by atoms with E-state index in [0.29, 0.717) is 23.4 Å². The number of thiazole rings is 1. The van der Waals surface area contributed by atoms with E-state index in [1.165, 1.54) is 29.2 Å². The van der Waals surface area contributed by atoms with Crippen LogP contribution in [0.5, 0.6) is 5.75 Å². The largest absolute Gasteiger partial charge is 0.508 e. The van der Waals surface area contributed by atoms with E-state index < -0.39 is 23.9 Å². The molecule has 2 heterocycles. The standard InChI is InChI=1S/C34H34FN5O5S/c1-21(2)45-32(43)25-8-12-27(13-9-25)37-33(44)40(30(31(36)42)16-23-6-14-29(41)15-7-23)20-28-19-38-17-22(3)46-34(38)39(28)18-24-4-10-26(35)11-5-24/h4-15,17,19,21,30H,16,18,20H2,1-3H3,(H3-,36,37,41,42,43,44)/p+1/t30-/m0/s1. The normalized spacial score (nSPS) is 11.8. The topological polar surface area (TPSA) is 131 Å². The summed E-state index contributed by atoms with van der Waals surface area (Å²) in [5.41, 5.74) is 8.93. The van der Waals surface area contributed by atoms with Crippen molar-refractivity contribution in [1.29, 1.82) is 0 Å². The van der Waals surface area contributed by atoms with Crippen molar-refractivity contribution in [3.8, 4) is 5.75 Å². The van der Waals surface area contributed by atoms with Gasteiger partial charge in [0, 0.05) is 17.0 Å². The van der Waals surface area contributed by atoms with E-state index >= 15 is 0 Å². The Labute approximate surface area is 269 Å². The third-order valence-corrected chi connectivity index (χ3v) is 8.33. The van der Waals surface area contributed by atoms with Gasteiger partial charge >= 0.3 is 17.0 Å². The van der Waals surface area contributed by atoms with Crippen LogP contribution in [-0.2, 0) is 29.0 Å². The van der Waals surface area contributed by atoms with Gasteiger partial charge in [0.2, 0.25) is 5.91 Å². The third kappa shape index (κ3) is 7.70. The number of phenols is 1. The molecule has 0 spiro atoms. The maximum Gasteiger partial charge on any atom is 0.346 e. The number of nitrogens with zero attached hydrogens (tertiary/aromatic N) is 3. The van der Waals surface area contributed by atoms with Crippen LogP contribution in [-0.4, -0.2) is 44.6 Å². The van der Waals surface area contributed by atoms with Crippen LogP contribution in [0.4, 0.5) is 14.9 Å². The summed E-state index contributed by atoms with van der Waals surface area (Å²) in [6.45, 7) is 5.91. The van der Waals surface area contributed by atoms with Gasteiger partial charge in [0.05, 0.1) is 18.2 Å². The molecule has 5 rings (SSSR count). The number of aryl methyl sites for hydroxylation is 1. The molecule has 46 heavy (non-hydrogen) atoms. The second-order valence-corrected chi connectivity index (χ2v) is 12.5. The summed E-state index contributed by atoms with van der Waals surface area (Å²) in [5, 5.41) is 12.6. The number of esters is 1. The van der Waals surface area contributed by atoms with Crippen molar-refractivity contribution >= 4 is 39.9 Å². The Kier molecular flexibility index (Phi) is 9.67. The molecule has 2 aromatic heterocycles. The van der Waals surface area contributed by atoms with E-state index in [0.717, 1.165) is 21.1 Å². The molecule has 4 N–H and O–H groups in total. The van der Waals surface area contributed by atoms with Gasteiger partial charge in [-0.05, 0) is 80.4 Å². The zero-order valence-electron chi connectivity index (χ0n) is 25.6. The first-order valence-corrected chi connectivity index (χ1v) is 15.5. The third-order valence-electron chi connectivity index (χ3n) is 7.29. The lowest BCUT2D eigenvalue weighted by Crippen LogP contribution is -2.50. The lowest BCUT2D eigenvalue weighted by atomic mass is 10.0. The molecule has 0 saturated heterocycles. The highest BCUT2D eigenvalue weighted by Crippen LogP contribution is 2.22. The second kappa shape index (κ2) is 13.8. The van der Waals surface area contributed by atoms with Crippen LogP contribution in [0, 0.1) is 12.7 Å². The molecule has 12 heteroatoms. The number of halogens is 1. The number of primary amides is 1. The number of fused-ring (bicyclic) bond motifs is 1. The Morgan fingerprint density at radius 3 is 2.28 bits per heavy atom. The maximum atomic E-state index is 14.0. The molecule has 238 valence electrons. The number of ether oxygens (including phenoxy) is 1. The van der Waals surface area contributed by atoms with Crippen molar-refractivity contribution < 1.29 is 33.0 Å². The first-order chi connectivity index (χ1) is 22.0. The second-order valence-electron chi connectivity index (χ2n) is 11.2. The van der Waals surface area contributed by atoms with Crippen LogP contribution in [0.25, 0.3) is 4.96 Å². The molecular formula is C34H35FN5O5S+. The van der Waals surface area contributed by atoms with Crippen LogP contribution in [0.2, 0.25) is 0 Å². The number of amides is 3. The number of benzene rings is 3. The minimum Gasteiger partial charge on any atom is -0.508 e. The number of aromatic hydroxyl groups is 1. The Morgan fingerprint density at radius 1 is 1.00 bits per heavy atom. The van der Waals surface area contributed by atoms with Crippen LogP contribution in [0.1, 0.15) is 45.9 Å². The monoisotopic (exact) mass is 644 g/mol. The zero-order valence-corrected chi connectivity index (χ0v) is 26.5. The molecule has 0 aliphatic rings. The number of carbonyl (C=O) groups excluding carboxylic acids is 3. The molecule has 0 fully saturated rings. The van der Waals surface area contributed by atoms with E-state index in [1.807, 2.05) is 28.3 Å². The van der Waals surface area contributed by atoms with Crippen molar-refractivity contribution in [2.45, 2.75) is 52.4 Å². The number of nitrogens with two attached hydrogens (primary N) is 1. The molecule has 0 aliphatic heterocycles. The molecule has 3 aromatic carbocycles. The first-order valence-electron chi connectivity index (χ1n) is 14.7. The molecule has 5 aromatic rings. The van der Waals surface area contributed by atoms with E-state index in [4.69, 9.17) is 10.5 Å². The predicted molar refractivity (Wildman–Crippen MR) is 172 cm³/mol. The average Bonchev–Trinajstić information content (AvgIpc) is 3.52. The summed E-state index contributed by atoms with van der Waals surface area (Å²) in [5.74, 6) is -1.46. The highest BCUT2D eigenvalue weighted by molar-refractivity contribution is 7.16. The fourth-order valence-corrected chi connectivity index (χ4v) is 6.02. The summed E-state index contributed by atoms with van der Waals surface area (Å²) in [4.78, 5) is 42.7. The van der Waals surface area contributed by atoms with Crippen molar-refractivity contribution in [3.05, 3.63) is 118 Å². The zero-order chi connectivity index (χ0) is 33.0. The maximum absolute atomic E-state index is 14.0. The molecule has 0 aliphatic carbocycles. The first kappa shape index (κ1) is 32.2. The minimum atomic E-state index is -1.07. The minimum absolute atomic E-state index is 0.00492. The summed E-state index contributed by atoms with van der Waals surface area (Å²) >= 11 is 1.57. The van der Waals surface area contributed by atoms with E-state index in [1.54, 1.807) is 73.7 Å². The molecule has 0 saturated carbocycles. The van der Waals surface area contributed by atoms with Gasteiger partial charge in [-0.25, -0.2) is 18.5 Å². The Hall–Kier alpha value is -5.23. The molecule has 0 unspecified atom stereocenters. The SMILES string of the molecule is Cc1c[n+]2cc(CN(C(=O)Nc3ccc(C(=O)OC(C)C)cc3)[C@@H](Cc3ccc(O)cc3)C(N)=O)n(Cc3ccc(F)cc3)c2s1. The number of imidazole rings is 1. The Bertz CT molecular complexity index is 1850. The van der Waals surface area contributed by atoms with Gasteiger partial charge in [0.25, 0.3) is 0 Å². The van der Waals surface area contributed by atoms with Crippen molar-refractivity contribution in [2.24, 2.45) is 5.73 Å². The predicted octanol–water partition coefficient (Wildman–Crippen LogP) is 5.19. The summed E-state index contributed by atoms with van der Waals surface area (Å²) in [7, 11) is 0. The van der Waals surface area contributed by atoms with Crippen molar-refractivity contribution in [3.63, 3.8) is 0 Å². The highest BCUT2D eigenvalue weighted by atomic mass is 32.1. The van der Waals surface area contributed by atoms with Crippen LogP contribution >= 0.6 is 11.3 Å². The van der Waals surface area contributed by atoms with Crippen LogP contribution in [0.3, 0.4) is 0 Å². The van der Waals surface area contributed by atoms with Gasteiger partial charge < -0.3 is 25.8 Å². The Balaban J connectivity index is 1.50. The van der Waals surface area contributed by atoms with Gasteiger partial charge in [0.1, 0.15) is 36.5 Å². The molecule has 3 amide bonds. The number of phenolic OH excluding ortho intramolecular Hbond substituents is 1. The van der Waals surface area contributed by atoms with Gasteiger partial charge in [-0.15, -0.1) is 0 Å². The molecule has 0 radical (unpaired) electrons.